The van der Waals surface area contributed by atoms with Crippen molar-refractivity contribution in [3.05, 3.63) is 12.0 Å². The summed E-state index contributed by atoms with van der Waals surface area (Å²) in [4.78, 5) is 10.8. The Morgan fingerprint density at radius 1 is 1.47 bits per heavy atom. The zero-order chi connectivity index (χ0) is 10.8. The van der Waals surface area contributed by atoms with Gasteiger partial charge in [0.25, 0.3) is 0 Å². The molecule has 0 atom stereocenters. The van der Waals surface area contributed by atoms with Crippen LogP contribution in [0.1, 0.15) is 26.0 Å². The van der Waals surface area contributed by atoms with Gasteiger partial charge in [0.1, 0.15) is 5.69 Å². The fraction of sp³-hybridized carbons (Fsp3) is 0.636. The molecule has 0 N–H and O–H groups in total. The molecule has 2 heterocycles. The van der Waals surface area contributed by atoms with E-state index >= 15 is 0 Å². The highest BCUT2D eigenvalue weighted by atomic mass is 15.2. The highest BCUT2D eigenvalue weighted by molar-refractivity contribution is 5.63. The second kappa shape index (κ2) is 4.04. The van der Waals surface area contributed by atoms with Gasteiger partial charge in [0.05, 0.1) is 19.2 Å². The number of hydrogen-bond acceptors (Lipinski definition) is 3. The van der Waals surface area contributed by atoms with E-state index in [1.807, 2.05) is 24.6 Å². The van der Waals surface area contributed by atoms with Crippen LogP contribution in [-0.4, -0.2) is 27.8 Å². The third-order valence-electron chi connectivity index (χ3n) is 2.61. The van der Waals surface area contributed by atoms with E-state index in [0.717, 1.165) is 30.5 Å². The minimum absolute atomic E-state index is 0.721. The molecular weight excluding hydrogens is 188 g/mol. The zero-order valence-electron chi connectivity index (χ0n) is 9.64. The predicted octanol–water partition coefficient (Wildman–Crippen LogP) is 2.03. The lowest BCUT2D eigenvalue weighted by Crippen LogP contribution is -2.19. The van der Waals surface area contributed by atoms with E-state index in [0.29, 0.717) is 0 Å². The summed E-state index contributed by atoms with van der Waals surface area (Å²) in [7, 11) is 2.01. The third kappa shape index (κ3) is 2.19. The average Bonchev–Trinajstić information content (AvgIpc) is 2.57. The molecule has 4 heteroatoms. The summed E-state index contributed by atoms with van der Waals surface area (Å²) in [5.74, 6) is 1.76. The molecular formula is C11H18N4. The van der Waals surface area contributed by atoms with Gasteiger partial charge >= 0.3 is 0 Å². The maximum absolute atomic E-state index is 4.41. The maximum Gasteiger partial charge on any atom is 0.159 e. The second-order valence-corrected chi connectivity index (χ2v) is 4.55. The molecule has 0 fully saturated rings. The van der Waals surface area contributed by atoms with Gasteiger partial charge in [0.2, 0.25) is 0 Å². The van der Waals surface area contributed by atoms with Crippen LogP contribution in [-0.2, 0) is 13.1 Å². The van der Waals surface area contributed by atoms with Crippen LogP contribution in [0.15, 0.2) is 11.3 Å². The molecule has 82 valence electrons. The van der Waals surface area contributed by atoms with Crippen molar-refractivity contribution in [1.29, 1.82) is 0 Å². The lowest BCUT2D eigenvalue weighted by molar-refractivity contribution is 0.494. The molecule has 0 spiro atoms. The minimum atomic E-state index is 0.721. The van der Waals surface area contributed by atoms with E-state index < -0.39 is 0 Å². The number of aryl methyl sites for hydroxylation is 1. The van der Waals surface area contributed by atoms with E-state index in [4.69, 9.17) is 0 Å². The van der Waals surface area contributed by atoms with Crippen LogP contribution in [0.5, 0.6) is 0 Å². The number of fused-ring (bicyclic) bond motifs is 1. The first kappa shape index (κ1) is 10.2. The van der Waals surface area contributed by atoms with Crippen molar-refractivity contribution < 1.29 is 0 Å². The van der Waals surface area contributed by atoms with Crippen LogP contribution in [0, 0.1) is 5.92 Å². The minimum Gasteiger partial charge on any atom is -0.360 e. The largest absolute Gasteiger partial charge is 0.360 e. The van der Waals surface area contributed by atoms with Crippen molar-refractivity contribution in [1.82, 2.24) is 14.5 Å². The fourth-order valence-corrected chi connectivity index (χ4v) is 1.67. The molecule has 1 aromatic heterocycles. The van der Waals surface area contributed by atoms with Crippen molar-refractivity contribution in [2.45, 2.75) is 33.4 Å². The summed E-state index contributed by atoms with van der Waals surface area (Å²) in [6.45, 7) is 6.36. The molecule has 1 aliphatic rings. The second-order valence-electron chi connectivity index (χ2n) is 4.55. The van der Waals surface area contributed by atoms with Gasteiger partial charge in [-0.3, -0.25) is 0 Å². The number of rotatable bonds is 3. The third-order valence-corrected chi connectivity index (χ3v) is 2.61. The van der Waals surface area contributed by atoms with Gasteiger partial charge in [-0.1, -0.05) is 13.8 Å². The summed E-state index contributed by atoms with van der Waals surface area (Å²) >= 11 is 0. The van der Waals surface area contributed by atoms with Crippen LogP contribution < -0.4 is 0 Å². The van der Waals surface area contributed by atoms with Crippen LogP contribution >= 0.6 is 0 Å². The summed E-state index contributed by atoms with van der Waals surface area (Å²) in [5.41, 5.74) is 1.09. The molecule has 0 aromatic carbocycles. The molecule has 0 amide bonds. The van der Waals surface area contributed by atoms with Crippen molar-refractivity contribution in [2.75, 3.05) is 7.05 Å². The number of aromatic nitrogens is 2. The normalized spacial score (nSPS) is 14.8. The van der Waals surface area contributed by atoms with Gasteiger partial charge < -0.3 is 9.47 Å². The lowest BCUT2D eigenvalue weighted by atomic mass is 10.1. The first-order valence-electron chi connectivity index (χ1n) is 5.45. The Balaban J connectivity index is 2.13. The Hall–Kier alpha value is -1.32. The zero-order valence-corrected chi connectivity index (χ0v) is 9.64. The molecule has 1 aromatic rings. The summed E-state index contributed by atoms with van der Waals surface area (Å²) < 4.78 is 2.15. The van der Waals surface area contributed by atoms with Gasteiger partial charge in [-0.15, -0.1) is 0 Å². The number of hydrogen-bond donors (Lipinski definition) is 0. The molecule has 0 bridgehead atoms. The Morgan fingerprint density at radius 3 is 3.00 bits per heavy atom. The molecule has 2 rings (SSSR count). The van der Waals surface area contributed by atoms with Crippen molar-refractivity contribution >= 4 is 12.2 Å². The van der Waals surface area contributed by atoms with Gasteiger partial charge in [0.15, 0.2) is 5.82 Å². The highest BCUT2D eigenvalue weighted by Crippen LogP contribution is 2.23. The molecule has 0 saturated heterocycles. The lowest BCUT2D eigenvalue weighted by Gasteiger charge is -2.17. The van der Waals surface area contributed by atoms with Crippen LogP contribution in [0.2, 0.25) is 0 Å². The number of imidazole rings is 1. The quantitative estimate of drug-likeness (QED) is 0.758. The molecule has 15 heavy (non-hydrogen) atoms. The Morgan fingerprint density at radius 2 is 2.27 bits per heavy atom. The standard InChI is InChI=1S/C11H18N4/c1-9(2)4-5-15-8-12-10-6-14(3)7-13-11(10)15/h7-9H,4-6H2,1-3H3. The van der Waals surface area contributed by atoms with E-state index in [1.165, 1.54) is 6.42 Å². The van der Waals surface area contributed by atoms with Crippen molar-refractivity contribution in [3.63, 3.8) is 0 Å². The van der Waals surface area contributed by atoms with Crippen LogP contribution in [0.3, 0.4) is 0 Å². The van der Waals surface area contributed by atoms with E-state index in [-0.39, 0.29) is 0 Å². The Kier molecular flexibility index (Phi) is 2.75. The maximum atomic E-state index is 4.41. The van der Waals surface area contributed by atoms with Crippen LogP contribution in [0.4, 0.5) is 5.82 Å². The summed E-state index contributed by atoms with van der Waals surface area (Å²) in [6.07, 6.45) is 4.95. The smallest absolute Gasteiger partial charge is 0.159 e. The van der Waals surface area contributed by atoms with Gasteiger partial charge in [-0.05, 0) is 12.3 Å². The SMILES string of the molecule is CC(C)CCn1cnc2c1N=CN(C)C2. The van der Waals surface area contributed by atoms with Crippen molar-refractivity contribution in [2.24, 2.45) is 10.9 Å². The molecule has 1 aliphatic heterocycles. The van der Waals surface area contributed by atoms with E-state index in [2.05, 4.69) is 28.4 Å². The first-order chi connectivity index (χ1) is 7.16. The number of aliphatic imine (C=N–C) groups is 1. The molecule has 0 unspecified atom stereocenters. The average molecular weight is 206 g/mol. The molecule has 4 nitrogen and oxygen atoms in total. The number of nitrogens with zero attached hydrogens (tertiary/aromatic N) is 4. The van der Waals surface area contributed by atoms with E-state index in [1.54, 1.807) is 0 Å². The van der Waals surface area contributed by atoms with E-state index in [9.17, 15) is 0 Å². The topological polar surface area (TPSA) is 33.4 Å². The van der Waals surface area contributed by atoms with Gasteiger partial charge in [0, 0.05) is 13.6 Å². The predicted molar refractivity (Wildman–Crippen MR) is 61.3 cm³/mol. The summed E-state index contributed by atoms with van der Waals surface area (Å²) in [5, 5.41) is 0. The molecule has 0 aliphatic carbocycles. The van der Waals surface area contributed by atoms with Crippen molar-refractivity contribution in [3.8, 4) is 0 Å². The first-order valence-corrected chi connectivity index (χ1v) is 5.45. The monoisotopic (exact) mass is 206 g/mol. The van der Waals surface area contributed by atoms with Gasteiger partial charge in [-0.2, -0.15) is 0 Å². The molecule has 0 saturated carbocycles. The Labute approximate surface area is 90.6 Å². The fourth-order valence-electron chi connectivity index (χ4n) is 1.67. The molecule has 0 radical (unpaired) electrons. The summed E-state index contributed by atoms with van der Waals surface area (Å²) in [6, 6.07) is 0. The Bertz CT molecular complexity index is 365. The van der Waals surface area contributed by atoms with Gasteiger partial charge in [-0.25, -0.2) is 9.98 Å². The van der Waals surface area contributed by atoms with Crippen LogP contribution in [0.25, 0.3) is 0 Å². The highest BCUT2D eigenvalue weighted by Gasteiger charge is 2.14.